The summed E-state index contributed by atoms with van der Waals surface area (Å²) in [6, 6.07) is 10.6. The number of aliphatic hydroxyl groups is 1. The average molecular weight is 559 g/mol. The molecule has 2 atom stereocenters. The van der Waals surface area contributed by atoms with Crippen LogP contribution < -0.4 is 25.8 Å². The summed E-state index contributed by atoms with van der Waals surface area (Å²) in [6.07, 6.45) is 6.44. The van der Waals surface area contributed by atoms with Crippen LogP contribution in [-0.2, 0) is 6.54 Å². The Morgan fingerprint density at radius 1 is 1.15 bits per heavy atom. The van der Waals surface area contributed by atoms with Gasteiger partial charge in [0.25, 0.3) is 5.91 Å². The minimum absolute atomic E-state index is 0.0329. The Labute approximate surface area is 237 Å². The number of amides is 1. The average Bonchev–Trinajstić information content (AvgIpc) is 3.30. The number of piperidine rings is 1. The van der Waals surface area contributed by atoms with Crippen LogP contribution in [0.1, 0.15) is 36.2 Å². The first-order valence-corrected chi connectivity index (χ1v) is 13.5. The highest BCUT2D eigenvalue weighted by atomic mass is 16.5. The van der Waals surface area contributed by atoms with Crippen molar-refractivity contribution in [3.63, 3.8) is 0 Å². The molecule has 3 fully saturated rings. The molecule has 3 aliphatic rings. The van der Waals surface area contributed by atoms with Gasteiger partial charge in [0.15, 0.2) is 5.82 Å². The number of nitrogens with two attached hydrogens (primary N) is 2. The van der Waals surface area contributed by atoms with E-state index in [9.17, 15) is 9.90 Å². The molecule has 7 heterocycles. The number of hydrogen-bond acceptors (Lipinski definition) is 10. The van der Waals surface area contributed by atoms with Crippen molar-refractivity contribution < 1.29 is 19.4 Å². The lowest BCUT2D eigenvalue weighted by Crippen LogP contribution is -2.68. The minimum atomic E-state index is -1.03. The van der Waals surface area contributed by atoms with E-state index in [0.717, 1.165) is 31.0 Å². The zero-order chi connectivity index (χ0) is 28.9. The summed E-state index contributed by atoms with van der Waals surface area (Å²) in [5.41, 5.74) is 13.9. The maximum absolute atomic E-state index is 12.3. The van der Waals surface area contributed by atoms with Crippen molar-refractivity contribution in [1.82, 2.24) is 24.5 Å². The second kappa shape index (κ2) is 10.2. The molecule has 0 radical (unpaired) electrons. The van der Waals surface area contributed by atoms with E-state index in [1.165, 1.54) is 16.5 Å². The van der Waals surface area contributed by atoms with Crippen LogP contribution in [0.25, 0.3) is 16.6 Å². The predicted molar refractivity (Wildman–Crippen MR) is 154 cm³/mol. The van der Waals surface area contributed by atoms with Crippen molar-refractivity contribution >= 4 is 23.1 Å². The van der Waals surface area contributed by atoms with Crippen LogP contribution in [0.4, 0.5) is 11.6 Å². The quantitative estimate of drug-likeness (QED) is 0.278. The van der Waals surface area contributed by atoms with Gasteiger partial charge in [0.1, 0.15) is 23.7 Å². The molecule has 3 saturated heterocycles. The first kappa shape index (κ1) is 26.8. The number of anilines is 2. The number of carbonyl (C=O) groups excluding carboxylic acids is 1. The fourth-order valence-corrected chi connectivity index (χ4v) is 5.67. The molecule has 0 aliphatic carbocycles. The topological polar surface area (TPSA) is 157 Å². The monoisotopic (exact) mass is 558 g/mol. The normalized spacial score (nSPS) is 18.8. The van der Waals surface area contributed by atoms with E-state index in [1.54, 1.807) is 39.4 Å². The first-order valence-electron chi connectivity index (χ1n) is 13.5. The van der Waals surface area contributed by atoms with Crippen LogP contribution in [0, 0.1) is 0 Å². The van der Waals surface area contributed by atoms with E-state index in [0.29, 0.717) is 34.8 Å². The van der Waals surface area contributed by atoms with Crippen LogP contribution in [0.5, 0.6) is 11.6 Å². The molecule has 4 aromatic rings. The molecule has 0 saturated carbocycles. The number of nitrogens with zero attached hydrogens (tertiary/aromatic N) is 6. The SMILES string of the molecule is COc1ccc(CN2C3CC2CN(c2ccc(-c4cc(OCC(C)(C)O)cn5nc(N)c(C(N)=O)c45)cn2)C3)cn1. The van der Waals surface area contributed by atoms with Crippen LogP contribution in [-0.4, -0.2) is 80.0 Å². The third-order valence-electron chi connectivity index (χ3n) is 7.67. The molecule has 214 valence electrons. The fraction of sp³-hybridized carbons (Fsp3) is 0.379. The molecule has 5 N–H and O–H groups in total. The Hall–Kier alpha value is -4.42. The number of primary amides is 1. The Morgan fingerprint density at radius 3 is 2.54 bits per heavy atom. The molecule has 2 unspecified atom stereocenters. The van der Waals surface area contributed by atoms with Gasteiger partial charge in [-0.05, 0) is 44.0 Å². The van der Waals surface area contributed by atoms with E-state index in [2.05, 4.69) is 25.9 Å². The smallest absolute Gasteiger partial charge is 0.254 e. The van der Waals surface area contributed by atoms with Crippen molar-refractivity contribution in [3.8, 4) is 22.8 Å². The Kier molecular flexibility index (Phi) is 6.66. The predicted octanol–water partition coefficient (Wildman–Crippen LogP) is 2.09. The molecule has 41 heavy (non-hydrogen) atoms. The van der Waals surface area contributed by atoms with E-state index in [1.807, 2.05) is 24.4 Å². The van der Waals surface area contributed by atoms with Crippen molar-refractivity contribution in [3.05, 3.63) is 60.0 Å². The zero-order valence-corrected chi connectivity index (χ0v) is 23.3. The summed E-state index contributed by atoms with van der Waals surface area (Å²) in [4.78, 5) is 26.2. The molecular formula is C29H34N8O4. The molecular weight excluding hydrogens is 524 g/mol. The number of carbonyl (C=O) groups is 1. The maximum Gasteiger partial charge on any atom is 0.254 e. The summed E-state index contributed by atoms with van der Waals surface area (Å²) in [6.45, 7) is 6.03. The van der Waals surface area contributed by atoms with E-state index in [-0.39, 0.29) is 18.0 Å². The number of hydrogen-bond donors (Lipinski definition) is 3. The molecule has 2 bridgehead atoms. The van der Waals surface area contributed by atoms with Gasteiger partial charge in [0.2, 0.25) is 5.88 Å². The van der Waals surface area contributed by atoms with E-state index >= 15 is 0 Å². The second-order valence-electron chi connectivity index (χ2n) is 11.3. The number of rotatable bonds is 9. The van der Waals surface area contributed by atoms with Gasteiger partial charge in [-0.25, -0.2) is 14.5 Å². The maximum atomic E-state index is 12.3. The van der Waals surface area contributed by atoms with Gasteiger partial charge in [0, 0.05) is 61.3 Å². The van der Waals surface area contributed by atoms with E-state index in [4.69, 9.17) is 25.9 Å². The summed E-state index contributed by atoms with van der Waals surface area (Å²) in [7, 11) is 1.62. The highest BCUT2D eigenvalue weighted by Crippen LogP contribution is 2.37. The van der Waals surface area contributed by atoms with Gasteiger partial charge in [-0.15, -0.1) is 5.10 Å². The molecule has 0 aromatic carbocycles. The van der Waals surface area contributed by atoms with Crippen LogP contribution >= 0.6 is 0 Å². The molecule has 1 amide bonds. The highest BCUT2D eigenvalue weighted by molar-refractivity contribution is 6.08. The largest absolute Gasteiger partial charge is 0.489 e. The van der Waals surface area contributed by atoms with Crippen LogP contribution in [0.2, 0.25) is 0 Å². The van der Waals surface area contributed by atoms with Gasteiger partial charge >= 0.3 is 0 Å². The molecule has 7 rings (SSSR count). The van der Waals surface area contributed by atoms with Crippen LogP contribution in [0.15, 0.2) is 48.9 Å². The molecule has 0 spiro atoms. The molecule has 3 aliphatic heterocycles. The summed E-state index contributed by atoms with van der Waals surface area (Å²) >= 11 is 0. The highest BCUT2D eigenvalue weighted by Gasteiger charge is 2.44. The van der Waals surface area contributed by atoms with Crippen molar-refractivity contribution in [2.45, 2.75) is 44.5 Å². The molecule has 12 nitrogen and oxygen atoms in total. The lowest BCUT2D eigenvalue weighted by Gasteiger charge is -2.56. The number of piperazine rings is 1. The zero-order valence-electron chi connectivity index (χ0n) is 23.3. The second-order valence-corrected chi connectivity index (χ2v) is 11.3. The summed E-state index contributed by atoms with van der Waals surface area (Å²) in [5, 5.41) is 14.4. The van der Waals surface area contributed by atoms with Gasteiger partial charge in [-0.3, -0.25) is 9.69 Å². The third kappa shape index (κ3) is 5.23. The van der Waals surface area contributed by atoms with E-state index < -0.39 is 11.5 Å². The van der Waals surface area contributed by atoms with Crippen molar-refractivity contribution in [2.24, 2.45) is 5.73 Å². The Morgan fingerprint density at radius 2 is 1.93 bits per heavy atom. The number of aromatic nitrogens is 4. The van der Waals surface area contributed by atoms with Crippen molar-refractivity contribution in [1.29, 1.82) is 0 Å². The van der Waals surface area contributed by atoms with Gasteiger partial charge in [-0.2, -0.15) is 0 Å². The lowest BCUT2D eigenvalue weighted by molar-refractivity contribution is -0.00876. The minimum Gasteiger partial charge on any atom is -0.489 e. The first-order chi connectivity index (χ1) is 19.6. The number of nitrogen functional groups attached to an aromatic ring is 1. The van der Waals surface area contributed by atoms with Crippen LogP contribution in [0.3, 0.4) is 0 Å². The van der Waals surface area contributed by atoms with Gasteiger partial charge < -0.3 is 30.9 Å². The standard InChI is InChI=1S/C29H34N8O4/c1-29(2,39)16-41-21-9-22(26-25(28(31)38)27(30)34-37(26)15-21)18-5-6-23(32-11-18)35-13-19-8-20(14-35)36(19)12-17-4-7-24(40-3)33-10-17/h4-7,9-11,15,19-20,39H,8,12-14,16H2,1-3H3,(H2,30,34)(H2,31,38). The van der Waals surface area contributed by atoms with Crippen molar-refractivity contribution in [2.75, 3.05) is 37.4 Å². The fourth-order valence-electron chi connectivity index (χ4n) is 5.67. The Bertz CT molecular complexity index is 1570. The lowest BCUT2D eigenvalue weighted by atomic mass is 9.87. The number of pyridine rings is 3. The molecule has 12 heteroatoms. The number of fused-ring (bicyclic) bond motifs is 3. The van der Waals surface area contributed by atoms with Gasteiger partial charge in [-0.1, -0.05) is 6.07 Å². The summed E-state index contributed by atoms with van der Waals surface area (Å²) < 4.78 is 12.5. The Balaban J connectivity index is 1.23. The number of methoxy groups -OCH3 is 1. The van der Waals surface area contributed by atoms with Gasteiger partial charge in [0.05, 0.1) is 24.4 Å². The third-order valence-corrected chi connectivity index (χ3v) is 7.67. The molecule has 4 aromatic heterocycles. The number of ether oxygens (including phenoxy) is 2. The summed E-state index contributed by atoms with van der Waals surface area (Å²) in [5.74, 6) is 1.33.